The highest BCUT2D eigenvalue weighted by atomic mass is 35.5. The maximum atomic E-state index is 6.16. The summed E-state index contributed by atoms with van der Waals surface area (Å²) in [5.41, 5.74) is 1.21. The van der Waals surface area contributed by atoms with Crippen LogP contribution in [0.2, 0.25) is 5.02 Å². The van der Waals surface area contributed by atoms with E-state index in [0.717, 1.165) is 30.3 Å². The molecule has 1 unspecified atom stereocenters. The third kappa shape index (κ3) is 3.39. The van der Waals surface area contributed by atoms with Gasteiger partial charge >= 0.3 is 0 Å². The molecule has 0 spiro atoms. The van der Waals surface area contributed by atoms with Crippen LogP contribution in [0.4, 0.5) is 0 Å². The number of fused-ring (bicyclic) bond motifs is 1. The second-order valence-corrected chi connectivity index (χ2v) is 5.27. The van der Waals surface area contributed by atoms with Gasteiger partial charge in [-0.15, -0.1) is 0 Å². The van der Waals surface area contributed by atoms with Crippen LogP contribution in [0.5, 0.6) is 5.75 Å². The molecule has 2 rings (SSSR count). The molecule has 2 nitrogen and oxygen atoms in total. The Balaban J connectivity index is 1.90. The van der Waals surface area contributed by atoms with Crippen molar-refractivity contribution in [2.45, 2.75) is 45.1 Å². The van der Waals surface area contributed by atoms with Crippen LogP contribution in [-0.4, -0.2) is 13.2 Å². The molecule has 0 saturated heterocycles. The highest BCUT2D eigenvalue weighted by molar-refractivity contribution is 6.32. The number of rotatable bonds is 6. The summed E-state index contributed by atoms with van der Waals surface area (Å²) < 4.78 is 5.66. The van der Waals surface area contributed by atoms with Crippen molar-refractivity contribution in [3.63, 3.8) is 0 Å². The molecule has 1 aliphatic heterocycles. The Hall–Kier alpha value is -0.730. The van der Waals surface area contributed by atoms with E-state index in [1.165, 1.54) is 31.2 Å². The van der Waals surface area contributed by atoms with Crippen LogP contribution in [0.15, 0.2) is 18.2 Å². The van der Waals surface area contributed by atoms with E-state index in [9.17, 15) is 0 Å². The lowest BCUT2D eigenvalue weighted by molar-refractivity contribution is 0.252. The number of nitrogens with one attached hydrogen (secondary N) is 1. The number of halogens is 1. The van der Waals surface area contributed by atoms with Gasteiger partial charge < -0.3 is 10.1 Å². The van der Waals surface area contributed by atoms with Gasteiger partial charge in [-0.25, -0.2) is 0 Å². The highest BCUT2D eigenvalue weighted by Gasteiger charge is 2.22. The molecule has 1 aromatic rings. The van der Waals surface area contributed by atoms with Gasteiger partial charge in [0.15, 0.2) is 0 Å². The molecule has 18 heavy (non-hydrogen) atoms. The van der Waals surface area contributed by atoms with E-state index in [-0.39, 0.29) is 0 Å². The van der Waals surface area contributed by atoms with Gasteiger partial charge in [-0.05, 0) is 19.0 Å². The minimum absolute atomic E-state index is 0.397. The smallest absolute Gasteiger partial charge is 0.142 e. The number of hydrogen-bond donors (Lipinski definition) is 1. The SMILES string of the molecule is CCCCCCNC1CCOc2c(Cl)cccc21. The summed E-state index contributed by atoms with van der Waals surface area (Å²) in [7, 11) is 0. The predicted molar refractivity (Wildman–Crippen MR) is 76.4 cm³/mol. The number of benzene rings is 1. The van der Waals surface area contributed by atoms with Crippen molar-refractivity contribution in [1.82, 2.24) is 5.32 Å². The molecule has 100 valence electrons. The molecule has 1 N–H and O–H groups in total. The second kappa shape index (κ2) is 7.01. The van der Waals surface area contributed by atoms with E-state index >= 15 is 0 Å². The van der Waals surface area contributed by atoms with Crippen molar-refractivity contribution in [1.29, 1.82) is 0 Å². The van der Waals surface area contributed by atoms with Crippen molar-refractivity contribution in [2.24, 2.45) is 0 Å². The van der Waals surface area contributed by atoms with E-state index < -0.39 is 0 Å². The lowest BCUT2D eigenvalue weighted by Gasteiger charge is -2.27. The van der Waals surface area contributed by atoms with Crippen molar-refractivity contribution in [2.75, 3.05) is 13.2 Å². The van der Waals surface area contributed by atoms with Crippen molar-refractivity contribution in [3.05, 3.63) is 28.8 Å². The van der Waals surface area contributed by atoms with E-state index in [4.69, 9.17) is 16.3 Å². The zero-order valence-electron chi connectivity index (χ0n) is 11.0. The number of unbranched alkanes of at least 4 members (excludes halogenated alkanes) is 3. The molecule has 0 fully saturated rings. The average Bonchev–Trinajstić information content (AvgIpc) is 2.39. The quantitative estimate of drug-likeness (QED) is 0.775. The molecular formula is C15H22ClNO. The fourth-order valence-electron chi connectivity index (χ4n) is 2.43. The molecule has 1 aromatic carbocycles. The zero-order valence-corrected chi connectivity index (χ0v) is 11.8. The average molecular weight is 268 g/mol. The van der Waals surface area contributed by atoms with E-state index in [2.05, 4.69) is 18.3 Å². The summed E-state index contributed by atoms with van der Waals surface area (Å²) in [6, 6.07) is 6.41. The van der Waals surface area contributed by atoms with Crippen LogP contribution >= 0.6 is 11.6 Å². The molecule has 0 saturated carbocycles. The van der Waals surface area contributed by atoms with Gasteiger partial charge in [-0.3, -0.25) is 0 Å². The van der Waals surface area contributed by atoms with Crippen LogP contribution in [0, 0.1) is 0 Å². The summed E-state index contributed by atoms with van der Waals surface area (Å²) in [6.07, 6.45) is 6.21. The minimum atomic E-state index is 0.397. The number of hydrogen-bond acceptors (Lipinski definition) is 2. The van der Waals surface area contributed by atoms with E-state index in [1.54, 1.807) is 0 Å². The summed E-state index contributed by atoms with van der Waals surface area (Å²) >= 11 is 6.16. The normalized spacial score (nSPS) is 18.2. The van der Waals surface area contributed by atoms with Gasteiger partial charge in [-0.1, -0.05) is 49.9 Å². The Morgan fingerprint density at radius 3 is 3.06 bits per heavy atom. The summed E-state index contributed by atoms with van der Waals surface area (Å²) in [5.74, 6) is 0.872. The first kappa shape index (κ1) is 13.7. The topological polar surface area (TPSA) is 21.3 Å². The van der Waals surface area contributed by atoms with Gasteiger partial charge in [0.05, 0.1) is 11.6 Å². The van der Waals surface area contributed by atoms with Crippen LogP contribution in [0.25, 0.3) is 0 Å². The molecule has 0 aromatic heterocycles. The molecule has 3 heteroatoms. The summed E-state index contributed by atoms with van der Waals surface area (Å²) in [5, 5.41) is 4.35. The summed E-state index contributed by atoms with van der Waals surface area (Å²) in [4.78, 5) is 0. The lowest BCUT2D eigenvalue weighted by Crippen LogP contribution is -2.28. The molecule has 1 atom stereocenters. The van der Waals surface area contributed by atoms with E-state index in [0.29, 0.717) is 6.04 Å². The lowest BCUT2D eigenvalue weighted by atomic mass is 10.0. The fraction of sp³-hybridized carbons (Fsp3) is 0.600. The minimum Gasteiger partial charge on any atom is -0.492 e. The molecular weight excluding hydrogens is 246 g/mol. The third-order valence-corrected chi connectivity index (χ3v) is 3.74. The molecule has 1 aliphatic rings. The molecule has 0 aliphatic carbocycles. The number of para-hydroxylation sites is 1. The van der Waals surface area contributed by atoms with Gasteiger partial charge in [-0.2, -0.15) is 0 Å². The Morgan fingerprint density at radius 1 is 1.33 bits per heavy atom. The van der Waals surface area contributed by atoms with Crippen molar-refractivity contribution in [3.8, 4) is 5.75 Å². The molecule has 0 radical (unpaired) electrons. The standard InChI is InChI=1S/C15H22ClNO/c1-2-3-4-5-10-17-14-9-11-18-15-12(14)7-6-8-13(15)16/h6-8,14,17H,2-5,9-11H2,1H3. The second-order valence-electron chi connectivity index (χ2n) is 4.86. The fourth-order valence-corrected chi connectivity index (χ4v) is 2.66. The monoisotopic (exact) mass is 267 g/mol. The van der Waals surface area contributed by atoms with Crippen molar-refractivity contribution >= 4 is 11.6 Å². The first-order valence-corrected chi connectivity index (χ1v) is 7.35. The Kier molecular flexibility index (Phi) is 5.33. The Morgan fingerprint density at radius 2 is 2.22 bits per heavy atom. The summed E-state index contributed by atoms with van der Waals surface area (Å²) in [6.45, 7) is 4.07. The maximum Gasteiger partial charge on any atom is 0.142 e. The Bertz CT molecular complexity index is 381. The number of ether oxygens (including phenoxy) is 1. The maximum absolute atomic E-state index is 6.16. The van der Waals surface area contributed by atoms with Gasteiger partial charge in [0.25, 0.3) is 0 Å². The predicted octanol–water partition coefficient (Wildman–Crippen LogP) is 4.33. The zero-order chi connectivity index (χ0) is 12.8. The van der Waals surface area contributed by atoms with E-state index in [1.807, 2.05) is 12.1 Å². The largest absolute Gasteiger partial charge is 0.492 e. The van der Waals surface area contributed by atoms with Crippen LogP contribution < -0.4 is 10.1 Å². The third-order valence-electron chi connectivity index (χ3n) is 3.45. The van der Waals surface area contributed by atoms with Crippen LogP contribution in [0.1, 0.15) is 50.6 Å². The molecule has 1 heterocycles. The van der Waals surface area contributed by atoms with Gasteiger partial charge in [0.1, 0.15) is 5.75 Å². The first-order chi connectivity index (χ1) is 8.83. The van der Waals surface area contributed by atoms with Gasteiger partial charge in [0.2, 0.25) is 0 Å². The molecule has 0 bridgehead atoms. The van der Waals surface area contributed by atoms with Crippen LogP contribution in [-0.2, 0) is 0 Å². The van der Waals surface area contributed by atoms with Gasteiger partial charge in [0, 0.05) is 18.0 Å². The Labute approximate surface area is 115 Å². The first-order valence-electron chi connectivity index (χ1n) is 6.97. The molecule has 0 amide bonds. The van der Waals surface area contributed by atoms with Crippen LogP contribution in [0.3, 0.4) is 0 Å². The highest BCUT2D eigenvalue weighted by Crippen LogP contribution is 2.37. The van der Waals surface area contributed by atoms with Crippen molar-refractivity contribution < 1.29 is 4.74 Å².